The fourth-order valence-corrected chi connectivity index (χ4v) is 8.08. The summed E-state index contributed by atoms with van der Waals surface area (Å²) in [7, 11) is 0. The number of aryl methyl sites for hydroxylation is 2. The number of hydrogen-bond donors (Lipinski definition) is 0. The number of para-hydroxylation sites is 2. The van der Waals surface area contributed by atoms with E-state index in [0.29, 0.717) is 11.1 Å². The van der Waals surface area contributed by atoms with Crippen molar-refractivity contribution in [2.75, 3.05) is 0 Å². The highest BCUT2D eigenvalue weighted by Crippen LogP contribution is 2.40. The van der Waals surface area contributed by atoms with E-state index in [1.807, 2.05) is 36.5 Å². The lowest BCUT2D eigenvalue weighted by Gasteiger charge is -2.20. The summed E-state index contributed by atoms with van der Waals surface area (Å²) in [6.07, 6.45) is 1.98. The molecule has 0 bridgehead atoms. The minimum absolute atomic E-state index is 0.0764. The minimum Gasteiger partial charge on any atom is -0.341 e. The van der Waals surface area contributed by atoms with Gasteiger partial charge in [0.1, 0.15) is 11.6 Å². The average molecular weight is 668 g/mol. The molecule has 9 aromatic rings. The number of benzene rings is 6. The van der Waals surface area contributed by atoms with Gasteiger partial charge in [-0.05, 0) is 96.8 Å². The molecule has 0 radical (unpaired) electrons. The SMILES string of the molecule is CCn1c2ccccc2c2cc(C(c3ccc(-c4cccc(-c5ccc(F)cc5F)c4)nc3)c3ccc4c(c3)c3ccccc3n4CC)ccc21. The van der Waals surface area contributed by atoms with Gasteiger partial charge in [0.25, 0.3) is 0 Å². The smallest absolute Gasteiger partial charge is 0.133 e. The molecule has 248 valence electrons. The summed E-state index contributed by atoms with van der Waals surface area (Å²) >= 11 is 0. The van der Waals surface area contributed by atoms with Crippen molar-refractivity contribution < 1.29 is 8.78 Å². The Kier molecular flexibility index (Phi) is 7.50. The van der Waals surface area contributed by atoms with Crippen molar-refractivity contribution in [2.45, 2.75) is 32.9 Å². The van der Waals surface area contributed by atoms with Gasteiger partial charge >= 0.3 is 0 Å². The van der Waals surface area contributed by atoms with Gasteiger partial charge in [-0.2, -0.15) is 0 Å². The average Bonchev–Trinajstić information content (AvgIpc) is 3.67. The molecule has 6 aromatic carbocycles. The Labute approximate surface area is 295 Å². The van der Waals surface area contributed by atoms with Crippen LogP contribution < -0.4 is 0 Å². The zero-order valence-electron chi connectivity index (χ0n) is 28.4. The third kappa shape index (κ3) is 5.11. The lowest BCUT2D eigenvalue weighted by molar-refractivity contribution is 0.585. The van der Waals surface area contributed by atoms with Crippen LogP contribution in [0.15, 0.2) is 146 Å². The zero-order chi connectivity index (χ0) is 34.6. The quantitative estimate of drug-likeness (QED) is 0.166. The van der Waals surface area contributed by atoms with E-state index in [9.17, 15) is 8.78 Å². The molecule has 0 fully saturated rings. The largest absolute Gasteiger partial charge is 0.341 e. The van der Waals surface area contributed by atoms with E-state index in [1.165, 1.54) is 66.9 Å². The summed E-state index contributed by atoms with van der Waals surface area (Å²) in [6, 6.07) is 46.6. The first kappa shape index (κ1) is 30.9. The molecule has 0 unspecified atom stereocenters. The third-order valence-electron chi connectivity index (χ3n) is 10.4. The summed E-state index contributed by atoms with van der Waals surface area (Å²) in [4.78, 5) is 4.99. The normalized spacial score (nSPS) is 11.9. The molecule has 0 aliphatic heterocycles. The topological polar surface area (TPSA) is 22.8 Å². The molecule has 0 N–H and O–H groups in total. The van der Waals surface area contributed by atoms with E-state index >= 15 is 0 Å². The number of rotatable bonds is 7. The molecule has 3 nitrogen and oxygen atoms in total. The molecule has 3 aromatic heterocycles. The van der Waals surface area contributed by atoms with E-state index in [0.717, 1.165) is 36.0 Å². The predicted octanol–water partition coefficient (Wildman–Crippen LogP) is 12.1. The Morgan fingerprint density at radius 2 is 1.08 bits per heavy atom. The molecule has 9 rings (SSSR count). The van der Waals surface area contributed by atoms with Crippen LogP contribution in [0.2, 0.25) is 0 Å². The summed E-state index contributed by atoms with van der Waals surface area (Å²) in [6.45, 7) is 6.18. The van der Waals surface area contributed by atoms with Crippen molar-refractivity contribution in [2.24, 2.45) is 0 Å². The number of nitrogens with zero attached hydrogens (tertiary/aromatic N) is 3. The first-order chi connectivity index (χ1) is 25.0. The second kappa shape index (κ2) is 12.4. The lowest BCUT2D eigenvalue weighted by atomic mass is 9.84. The Morgan fingerprint density at radius 1 is 0.510 bits per heavy atom. The van der Waals surface area contributed by atoms with Gasteiger partial charge in [-0.1, -0.05) is 72.8 Å². The molecule has 51 heavy (non-hydrogen) atoms. The molecular formula is C46H35F2N3. The van der Waals surface area contributed by atoms with E-state index < -0.39 is 11.6 Å². The van der Waals surface area contributed by atoms with Crippen molar-refractivity contribution >= 4 is 43.6 Å². The van der Waals surface area contributed by atoms with Crippen molar-refractivity contribution in [3.05, 3.63) is 174 Å². The predicted molar refractivity (Wildman–Crippen MR) is 206 cm³/mol. The van der Waals surface area contributed by atoms with E-state index in [4.69, 9.17) is 4.98 Å². The molecule has 0 saturated carbocycles. The highest BCUT2D eigenvalue weighted by Gasteiger charge is 2.22. The van der Waals surface area contributed by atoms with Crippen molar-refractivity contribution in [3.8, 4) is 22.4 Å². The maximum Gasteiger partial charge on any atom is 0.133 e. The second-order valence-corrected chi connectivity index (χ2v) is 13.2. The number of pyridine rings is 1. The van der Waals surface area contributed by atoms with Crippen LogP contribution in [0.1, 0.15) is 36.5 Å². The summed E-state index contributed by atoms with van der Waals surface area (Å²) in [5.41, 5.74) is 11.1. The third-order valence-corrected chi connectivity index (χ3v) is 10.4. The number of halogens is 2. The van der Waals surface area contributed by atoms with Gasteiger partial charge < -0.3 is 9.13 Å². The number of fused-ring (bicyclic) bond motifs is 6. The van der Waals surface area contributed by atoms with Crippen LogP contribution in [0, 0.1) is 11.6 Å². The van der Waals surface area contributed by atoms with Gasteiger partial charge in [0.2, 0.25) is 0 Å². The Balaban J connectivity index is 1.20. The Morgan fingerprint density at radius 3 is 1.65 bits per heavy atom. The summed E-state index contributed by atoms with van der Waals surface area (Å²) in [5.74, 6) is -1.26. The molecule has 0 atom stereocenters. The molecule has 5 heteroatoms. The molecule has 0 saturated heterocycles. The van der Waals surface area contributed by atoms with Crippen molar-refractivity contribution in [1.29, 1.82) is 0 Å². The molecule has 0 spiro atoms. The van der Waals surface area contributed by atoms with E-state index in [1.54, 1.807) is 0 Å². The first-order valence-corrected chi connectivity index (χ1v) is 17.6. The fourth-order valence-electron chi connectivity index (χ4n) is 8.08. The Hall–Kier alpha value is -6.07. The van der Waals surface area contributed by atoms with Crippen LogP contribution in [0.25, 0.3) is 66.0 Å². The van der Waals surface area contributed by atoms with Gasteiger partial charge in [-0.25, -0.2) is 8.78 Å². The number of aromatic nitrogens is 3. The molecular weight excluding hydrogens is 633 g/mol. The minimum atomic E-state index is -0.593. The number of hydrogen-bond acceptors (Lipinski definition) is 1. The standard InChI is InChI=1S/C46H35F2N3/c1-3-50-42-14-7-5-12-36(42)38-25-31(17-22-44(38)50)46(32-18-23-45-39(26-32)37-13-6-8-15-43(37)51(45)4-2)33-16-21-41(49-28-33)30-11-9-10-29(24-30)35-20-19-34(47)27-40(35)48/h5-28,46H,3-4H2,1-2H3. The second-order valence-electron chi connectivity index (χ2n) is 13.2. The van der Waals surface area contributed by atoms with Gasteiger partial charge in [0, 0.05) is 86.0 Å². The monoisotopic (exact) mass is 667 g/mol. The van der Waals surface area contributed by atoms with Crippen LogP contribution >= 0.6 is 0 Å². The van der Waals surface area contributed by atoms with E-state index in [-0.39, 0.29) is 5.92 Å². The van der Waals surface area contributed by atoms with Crippen LogP contribution in [0.3, 0.4) is 0 Å². The molecule has 0 amide bonds. The zero-order valence-corrected chi connectivity index (χ0v) is 28.4. The van der Waals surface area contributed by atoms with Gasteiger partial charge in [0.15, 0.2) is 0 Å². The van der Waals surface area contributed by atoms with Crippen molar-refractivity contribution in [1.82, 2.24) is 14.1 Å². The highest BCUT2D eigenvalue weighted by atomic mass is 19.1. The molecule has 3 heterocycles. The van der Waals surface area contributed by atoms with Crippen LogP contribution in [0.4, 0.5) is 8.78 Å². The van der Waals surface area contributed by atoms with E-state index in [2.05, 4.69) is 114 Å². The summed E-state index contributed by atoms with van der Waals surface area (Å²) < 4.78 is 33.1. The fraction of sp³-hybridized carbons (Fsp3) is 0.109. The van der Waals surface area contributed by atoms with Crippen LogP contribution in [0.5, 0.6) is 0 Å². The maximum atomic E-state index is 14.7. The molecule has 0 aliphatic carbocycles. The van der Waals surface area contributed by atoms with Gasteiger partial charge in [-0.15, -0.1) is 0 Å². The van der Waals surface area contributed by atoms with Crippen LogP contribution in [-0.2, 0) is 13.1 Å². The lowest BCUT2D eigenvalue weighted by Crippen LogP contribution is -2.05. The van der Waals surface area contributed by atoms with Gasteiger partial charge in [-0.3, -0.25) is 4.98 Å². The highest BCUT2D eigenvalue weighted by molar-refractivity contribution is 6.09. The van der Waals surface area contributed by atoms with Gasteiger partial charge in [0.05, 0.1) is 5.69 Å². The van der Waals surface area contributed by atoms with Crippen molar-refractivity contribution in [3.63, 3.8) is 0 Å². The van der Waals surface area contributed by atoms with Crippen LogP contribution in [-0.4, -0.2) is 14.1 Å². The summed E-state index contributed by atoms with van der Waals surface area (Å²) in [5, 5.41) is 4.99. The molecule has 0 aliphatic rings. The Bertz CT molecular complexity index is 2630. The maximum absolute atomic E-state index is 14.7. The first-order valence-electron chi connectivity index (χ1n) is 17.6.